The number of benzene rings is 1. The van der Waals surface area contributed by atoms with Crippen LogP contribution in [0.2, 0.25) is 0 Å². The van der Waals surface area contributed by atoms with E-state index in [-0.39, 0.29) is 23.4 Å². The number of anilines is 1. The summed E-state index contributed by atoms with van der Waals surface area (Å²) in [5.41, 5.74) is 0.507. The lowest BCUT2D eigenvalue weighted by molar-refractivity contribution is -0.120. The summed E-state index contributed by atoms with van der Waals surface area (Å²) in [6.07, 6.45) is 2.80. The van der Waals surface area contributed by atoms with E-state index < -0.39 is 11.4 Å². The van der Waals surface area contributed by atoms with Gasteiger partial charge in [-0.05, 0) is 30.7 Å². The molecule has 0 unspecified atom stereocenters. The molecule has 1 aromatic carbocycles. The van der Waals surface area contributed by atoms with E-state index in [2.05, 4.69) is 10.1 Å². The average molecular weight is 415 g/mol. The summed E-state index contributed by atoms with van der Waals surface area (Å²) in [5.74, 6) is -0.886. The van der Waals surface area contributed by atoms with Crippen molar-refractivity contribution in [2.24, 2.45) is 0 Å². The number of halogens is 1. The highest BCUT2D eigenvalue weighted by Crippen LogP contribution is 2.30. The lowest BCUT2D eigenvalue weighted by atomic mass is 10.0. The van der Waals surface area contributed by atoms with Crippen LogP contribution in [0, 0.1) is 5.82 Å². The Bertz CT molecular complexity index is 1090. The van der Waals surface area contributed by atoms with Gasteiger partial charge in [0.25, 0.3) is 0 Å². The molecule has 0 aliphatic carbocycles. The summed E-state index contributed by atoms with van der Waals surface area (Å²) in [7, 11) is 0. The number of rotatable bonds is 6. The molecule has 152 valence electrons. The Morgan fingerprint density at radius 1 is 1.31 bits per heavy atom. The molecule has 0 bridgehead atoms. The van der Waals surface area contributed by atoms with E-state index in [4.69, 9.17) is 0 Å². The second-order valence-corrected chi connectivity index (χ2v) is 8.59. The highest BCUT2D eigenvalue weighted by atomic mass is 32.1. The number of fused-ring (bicyclic) bond motifs is 1. The second kappa shape index (κ2) is 8.02. The molecule has 1 aliphatic heterocycles. The van der Waals surface area contributed by atoms with Gasteiger partial charge in [0.05, 0.1) is 11.7 Å². The van der Waals surface area contributed by atoms with Crippen molar-refractivity contribution in [2.75, 3.05) is 11.4 Å². The van der Waals surface area contributed by atoms with Crippen LogP contribution < -0.4 is 10.5 Å². The maximum atomic E-state index is 14.3. The van der Waals surface area contributed by atoms with Gasteiger partial charge < -0.3 is 4.90 Å². The first-order valence-corrected chi connectivity index (χ1v) is 10.7. The molecule has 0 amide bonds. The first-order valence-electron chi connectivity index (χ1n) is 9.88. The van der Waals surface area contributed by atoms with E-state index in [1.165, 1.54) is 11.3 Å². The zero-order valence-corrected chi connectivity index (χ0v) is 17.3. The molecule has 1 aliphatic rings. The van der Waals surface area contributed by atoms with Gasteiger partial charge in [-0.3, -0.25) is 9.59 Å². The third-order valence-corrected chi connectivity index (χ3v) is 6.24. The maximum absolute atomic E-state index is 14.3. The Morgan fingerprint density at radius 3 is 2.79 bits per heavy atom. The molecule has 0 radical (unpaired) electrons. The number of carbonyl (C=O) groups is 1. The number of nitrogens with zero attached hydrogens (tertiary/aromatic N) is 4. The molecular weight excluding hydrogens is 391 g/mol. The van der Waals surface area contributed by atoms with Crippen LogP contribution in [-0.4, -0.2) is 33.0 Å². The van der Waals surface area contributed by atoms with Crippen LogP contribution in [0.25, 0.3) is 4.96 Å². The van der Waals surface area contributed by atoms with Crippen LogP contribution in [-0.2, 0) is 11.2 Å². The molecule has 3 aromatic rings. The summed E-state index contributed by atoms with van der Waals surface area (Å²) >= 11 is 1.23. The Labute approximate surface area is 172 Å². The summed E-state index contributed by atoms with van der Waals surface area (Å²) in [5, 5.41) is 4.85. The van der Waals surface area contributed by atoms with E-state index in [0.717, 1.165) is 22.9 Å². The zero-order valence-electron chi connectivity index (χ0n) is 16.5. The Hall–Kier alpha value is -2.61. The Kier molecular flexibility index (Phi) is 5.45. The maximum Gasteiger partial charge on any atom is 0.311 e. The van der Waals surface area contributed by atoms with Crippen molar-refractivity contribution < 1.29 is 9.18 Å². The fraction of sp³-hybridized carbons (Fsp3) is 0.429. The van der Waals surface area contributed by atoms with Gasteiger partial charge in [0.15, 0.2) is 5.78 Å². The average Bonchev–Trinajstić information content (AvgIpc) is 3.36. The van der Waals surface area contributed by atoms with Gasteiger partial charge in [-0.15, -0.1) is 5.10 Å². The smallest absolute Gasteiger partial charge is 0.311 e. The van der Waals surface area contributed by atoms with Crippen LogP contribution >= 0.6 is 11.3 Å². The fourth-order valence-corrected chi connectivity index (χ4v) is 4.71. The molecular formula is C21H23FN4O2S. The van der Waals surface area contributed by atoms with Gasteiger partial charge >= 0.3 is 5.56 Å². The van der Waals surface area contributed by atoms with E-state index in [1.807, 2.05) is 35.2 Å². The predicted octanol–water partition coefficient (Wildman–Crippen LogP) is 3.58. The van der Waals surface area contributed by atoms with E-state index >= 15 is 0 Å². The Balaban J connectivity index is 1.58. The van der Waals surface area contributed by atoms with Crippen molar-refractivity contribution in [3.8, 4) is 0 Å². The molecule has 4 rings (SSSR count). The van der Waals surface area contributed by atoms with Crippen molar-refractivity contribution in [3.63, 3.8) is 0 Å². The summed E-state index contributed by atoms with van der Waals surface area (Å²) < 4.78 is 15.4. The van der Waals surface area contributed by atoms with E-state index in [1.54, 1.807) is 13.8 Å². The number of ketones is 1. The van der Waals surface area contributed by atoms with Crippen molar-refractivity contribution in [2.45, 2.75) is 51.5 Å². The minimum Gasteiger partial charge on any atom is -0.337 e. The van der Waals surface area contributed by atoms with Crippen LogP contribution in [0.5, 0.6) is 0 Å². The largest absolute Gasteiger partial charge is 0.337 e. The normalized spacial score (nSPS) is 16.8. The van der Waals surface area contributed by atoms with Crippen LogP contribution in [0.15, 0.2) is 35.1 Å². The number of hydrogen-bond acceptors (Lipinski definition) is 6. The lowest BCUT2D eigenvalue weighted by Crippen LogP contribution is -2.36. The molecule has 6 nitrogen and oxygen atoms in total. The van der Waals surface area contributed by atoms with Gasteiger partial charge in [0.1, 0.15) is 0 Å². The van der Waals surface area contributed by atoms with Gasteiger partial charge in [-0.25, -0.2) is 4.98 Å². The summed E-state index contributed by atoms with van der Waals surface area (Å²) in [6, 6.07) is 9.68. The number of aromatic nitrogens is 3. The van der Waals surface area contributed by atoms with Gasteiger partial charge in [0.2, 0.25) is 15.9 Å². The van der Waals surface area contributed by atoms with Gasteiger partial charge in [-0.2, -0.15) is 8.91 Å². The first kappa shape index (κ1) is 19.7. The van der Waals surface area contributed by atoms with Crippen molar-refractivity contribution in [3.05, 3.63) is 57.8 Å². The van der Waals surface area contributed by atoms with Crippen LogP contribution in [0.4, 0.5) is 9.52 Å². The minimum atomic E-state index is -0.855. The van der Waals surface area contributed by atoms with Crippen LogP contribution in [0.1, 0.15) is 50.3 Å². The van der Waals surface area contributed by atoms with Crippen molar-refractivity contribution >= 4 is 27.2 Å². The molecule has 0 saturated carbocycles. The zero-order chi connectivity index (χ0) is 20.5. The molecule has 3 heterocycles. The second-order valence-electron chi connectivity index (χ2n) is 7.65. The van der Waals surface area contributed by atoms with Crippen molar-refractivity contribution in [1.82, 2.24) is 14.6 Å². The SMILES string of the molecule is CC(C)c1nc2sc(N3CCC[C@@H]3C(=O)CCc3ccccc3)nn2c(=O)c1F. The molecule has 8 heteroatoms. The standard InChI is InChI=1S/C21H23FN4O2S/c1-13(2)18-17(22)19(28)26-20(23-18)29-21(24-26)25-12-6-9-15(25)16(27)11-10-14-7-4-3-5-8-14/h3-5,7-8,13,15H,6,9-12H2,1-2H3/t15-/m1/s1. The molecule has 29 heavy (non-hydrogen) atoms. The number of Topliss-reactive ketones (excluding diaryl/α,β-unsaturated/α-hetero) is 1. The quantitative estimate of drug-likeness (QED) is 0.617. The number of carbonyl (C=O) groups excluding carboxylic acids is 1. The molecule has 0 spiro atoms. The topological polar surface area (TPSA) is 67.6 Å². The molecule has 1 fully saturated rings. The highest BCUT2D eigenvalue weighted by molar-refractivity contribution is 7.20. The summed E-state index contributed by atoms with van der Waals surface area (Å²) in [6.45, 7) is 4.28. The molecule has 1 atom stereocenters. The molecule has 0 N–H and O–H groups in total. The van der Waals surface area contributed by atoms with Gasteiger partial charge in [-0.1, -0.05) is 55.5 Å². The fourth-order valence-electron chi connectivity index (χ4n) is 3.74. The monoisotopic (exact) mass is 414 g/mol. The third kappa shape index (κ3) is 3.81. The lowest BCUT2D eigenvalue weighted by Gasteiger charge is -2.22. The highest BCUT2D eigenvalue weighted by Gasteiger charge is 2.33. The van der Waals surface area contributed by atoms with Gasteiger partial charge in [0, 0.05) is 13.0 Å². The first-order chi connectivity index (χ1) is 14.0. The molecule has 1 saturated heterocycles. The molecule has 2 aromatic heterocycles. The third-order valence-electron chi connectivity index (χ3n) is 5.29. The van der Waals surface area contributed by atoms with E-state index in [9.17, 15) is 14.0 Å². The predicted molar refractivity (Wildman–Crippen MR) is 111 cm³/mol. The van der Waals surface area contributed by atoms with Crippen LogP contribution in [0.3, 0.4) is 0 Å². The Morgan fingerprint density at radius 2 is 2.07 bits per heavy atom. The van der Waals surface area contributed by atoms with E-state index in [0.29, 0.717) is 29.5 Å². The number of hydrogen-bond donors (Lipinski definition) is 0. The number of aryl methyl sites for hydroxylation is 1. The minimum absolute atomic E-state index is 0.155. The van der Waals surface area contributed by atoms with Crippen molar-refractivity contribution in [1.29, 1.82) is 0 Å². The summed E-state index contributed by atoms with van der Waals surface area (Å²) in [4.78, 5) is 31.8.